The lowest BCUT2D eigenvalue weighted by Gasteiger charge is -2.10. The van der Waals surface area contributed by atoms with Gasteiger partial charge in [-0.1, -0.05) is 12.1 Å². The van der Waals surface area contributed by atoms with Crippen LogP contribution in [0, 0.1) is 6.92 Å². The minimum absolute atomic E-state index is 0.0410. The van der Waals surface area contributed by atoms with Crippen LogP contribution in [0.5, 0.6) is 0 Å². The molecule has 0 aliphatic heterocycles. The van der Waals surface area contributed by atoms with Crippen LogP contribution in [0.15, 0.2) is 60.0 Å². The largest absolute Gasteiger partial charge is 0.435 e. The number of hydrogen-bond donors (Lipinski definition) is 1. The molecule has 160 valence electrons. The predicted molar refractivity (Wildman–Crippen MR) is 107 cm³/mol. The van der Waals surface area contributed by atoms with E-state index in [4.69, 9.17) is 0 Å². The van der Waals surface area contributed by atoms with E-state index in [0.29, 0.717) is 5.56 Å². The number of nitrogens with one attached hydrogen (secondary N) is 1. The van der Waals surface area contributed by atoms with E-state index in [1.165, 1.54) is 12.1 Å². The quantitative estimate of drug-likeness (QED) is 0.509. The summed E-state index contributed by atoms with van der Waals surface area (Å²) in [6, 6.07) is 8.75. The van der Waals surface area contributed by atoms with Crippen LogP contribution >= 0.6 is 0 Å². The zero-order valence-electron chi connectivity index (χ0n) is 16.3. The molecular formula is C20H16F3N5O2S. The van der Waals surface area contributed by atoms with E-state index >= 15 is 0 Å². The number of aryl methyl sites for hydroxylation is 1. The lowest BCUT2D eigenvalue weighted by Crippen LogP contribution is -2.08. The Morgan fingerprint density at radius 2 is 1.84 bits per heavy atom. The van der Waals surface area contributed by atoms with Crippen molar-refractivity contribution in [2.45, 2.75) is 18.0 Å². The summed E-state index contributed by atoms with van der Waals surface area (Å²) in [5.74, 6) is 0.0631. The third kappa shape index (κ3) is 4.08. The minimum atomic E-state index is -4.66. The number of benzene rings is 1. The molecular weight excluding hydrogens is 431 g/mol. The number of imidazole rings is 1. The van der Waals surface area contributed by atoms with Gasteiger partial charge in [0.2, 0.25) is 0 Å². The Balaban J connectivity index is 1.84. The number of alkyl halides is 3. The molecule has 0 saturated heterocycles. The second kappa shape index (κ2) is 7.34. The molecule has 0 fully saturated rings. The number of rotatable bonds is 4. The molecule has 31 heavy (non-hydrogen) atoms. The molecule has 0 bridgehead atoms. The highest BCUT2D eigenvalue weighted by molar-refractivity contribution is 7.90. The van der Waals surface area contributed by atoms with Gasteiger partial charge < -0.3 is 4.98 Å². The summed E-state index contributed by atoms with van der Waals surface area (Å²) < 4.78 is 64.5. The Kier molecular flexibility index (Phi) is 4.92. The standard InChI is InChI=1S/C20H16F3N5O2S/c1-12-7-13(3-5-15(12)16-10-24-11-26-16)17-8-18(20(21,22)23)27-28(17)19-6-4-14(9-25-19)31(2,29)30/h3-11H,1-2H3,(H,24,26). The Hall–Kier alpha value is -3.47. The van der Waals surface area contributed by atoms with Gasteiger partial charge in [0, 0.05) is 23.6 Å². The van der Waals surface area contributed by atoms with E-state index in [1.807, 2.05) is 6.92 Å². The number of aromatic amines is 1. The van der Waals surface area contributed by atoms with E-state index < -0.39 is 21.7 Å². The first-order valence-electron chi connectivity index (χ1n) is 8.97. The third-order valence-corrected chi connectivity index (χ3v) is 5.77. The van der Waals surface area contributed by atoms with Crippen molar-refractivity contribution >= 4 is 9.84 Å². The van der Waals surface area contributed by atoms with Crippen molar-refractivity contribution in [2.75, 3.05) is 6.26 Å². The molecule has 0 saturated carbocycles. The van der Waals surface area contributed by atoms with Crippen LogP contribution in [-0.4, -0.2) is 39.4 Å². The normalized spacial score (nSPS) is 12.3. The van der Waals surface area contributed by atoms with Crippen molar-refractivity contribution in [1.29, 1.82) is 0 Å². The Morgan fingerprint density at radius 3 is 2.39 bits per heavy atom. The van der Waals surface area contributed by atoms with Crippen LogP contribution in [0.2, 0.25) is 0 Å². The molecule has 7 nitrogen and oxygen atoms in total. The highest BCUT2D eigenvalue weighted by Gasteiger charge is 2.35. The van der Waals surface area contributed by atoms with Gasteiger partial charge in [0.05, 0.1) is 28.8 Å². The van der Waals surface area contributed by atoms with E-state index in [1.54, 1.807) is 30.7 Å². The van der Waals surface area contributed by atoms with Gasteiger partial charge in [-0.2, -0.15) is 18.3 Å². The lowest BCUT2D eigenvalue weighted by molar-refractivity contribution is -0.141. The van der Waals surface area contributed by atoms with Crippen molar-refractivity contribution < 1.29 is 21.6 Å². The van der Waals surface area contributed by atoms with E-state index in [9.17, 15) is 21.6 Å². The van der Waals surface area contributed by atoms with Crippen LogP contribution in [0.3, 0.4) is 0 Å². The van der Waals surface area contributed by atoms with Crippen LogP contribution in [0.25, 0.3) is 28.3 Å². The van der Waals surface area contributed by atoms with Gasteiger partial charge in [-0.3, -0.25) is 0 Å². The molecule has 1 aromatic carbocycles. The van der Waals surface area contributed by atoms with Gasteiger partial charge in [0.25, 0.3) is 0 Å². The number of halogens is 3. The number of H-pyrrole nitrogens is 1. The molecule has 0 amide bonds. The number of sulfone groups is 1. The van der Waals surface area contributed by atoms with Crippen molar-refractivity contribution in [3.63, 3.8) is 0 Å². The zero-order chi connectivity index (χ0) is 22.4. The van der Waals surface area contributed by atoms with Crippen LogP contribution in [0.1, 0.15) is 11.3 Å². The first-order chi connectivity index (χ1) is 14.5. The fraction of sp³-hybridized carbons (Fsp3) is 0.150. The fourth-order valence-corrected chi connectivity index (χ4v) is 3.70. The maximum atomic E-state index is 13.4. The average Bonchev–Trinajstić information content (AvgIpc) is 3.37. The molecule has 0 aliphatic rings. The molecule has 0 radical (unpaired) electrons. The first kappa shape index (κ1) is 20.8. The first-order valence-corrected chi connectivity index (χ1v) is 10.9. The Labute approximate surface area is 175 Å². The summed E-state index contributed by atoms with van der Waals surface area (Å²) in [6.07, 6.45) is 0.656. The highest BCUT2D eigenvalue weighted by atomic mass is 32.2. The Bertz CT molecular complexity index is 1340. The van der Waals surface area contributed by atoms with Crippen molar-refractivity contribution in [3.05, 3.63) is 66.4 Å². The highest BCUT2D eigenvalue weighted by Crippen LogP contribution is 2.34. The molecule has 3 heterocycles. The van der Waals surface area contributed by atoms with Gasteiger partial charge in [0.15, 0.2) is 21.3 Å². The van der Waals surface area contributed by atoms with E-state index in [0.717, 1.165) is 40.0 Å². The Morgan fingerprint density at radius 1 is 1.06 bits per heavy atom. The van der Waals surface area contributed by atoms with Gasteiger partial charge in [-0.15, -0.1) is 0 Å². The van der Waals surface area contributed by atoms with Crippen LogP contribution < -0.4 is 0 Å². The molecule has 0 unspecified atom stereocenters. The monoisotopic (exact) mass is 447 g/mol. The summed E-state index contributed by atoms with van der Waals surface area (Å²) >= 11 is 0. The van der Waals surface area contributed by atoms with Crippen molar-refractivity contribution in [3.8, 4) is 28.3 Å². The molecule has 0 atom stereocenters. The van der Waals surface area contributed by atoms with Crippen LogP contribution in [-0.2, 0) is 16.0 Å². The molecule has 4 rings (SSSR count). The summed E-state index contributed by atoms with van der Waals surface area (Å²) in [5, 5.41) is 3.69. The second-order valence-electron chi connectivity index (χ2n) is 6.94. The summed E-state index contributed by atoms with van der Waals surface area (Å²) in [4.78, 5) is 11.0. The molecule has 11 heteroatoms. The van der Waals surface area contributed by atoms with Gasteiger partial charge in [-0.05, 0) is 36.8 Å². The van der Waals surface area contributed by atoms with Crippen molar-refractivity contribution in [1.82, 2.24) is 24.7 Å². The molecule has 1 N–H and O–H groups in total. The third-order valence-electron chi connectivity index (χ3n) is 4.68. The maximum Gasteiger partial charge on any atom is 0.435 e. The van der Waals surface area contributed by atoms with Crippen molar-refractivity contribution in [2.24, 2.45) is 0 Å². The van der Waals surface area contributed by atoms with E-state index in [2.05, 4.69) is 20.1 Å². The fourth-order valence-electron chi connectivity index (χ4n) is 3.15. The number of pyridine rings is 1. The van der Waals surface area contributed by atoms with Gasteiger partial charge in [0.1, 0.15) is 0 Å². The molecule has 0 spiro atoms. The van der Waals surface area contributed by atoms with Gasteiger partial charge >= 0.3 is 6.18 Å². The maximum absolute atomic E-state index is 13.4. The van der Waals surface area contributed by atoms with Gasteiger partial charge in [-0.25, -0.2) is 23.1 Å². The average molecular weight is 447 g/mol. The zero-order valence-corrected chi connectivity index (χ0v) is 17.2. The summed E-state index contributed by atoms with van der Waals surface area (Å²) in [6.45, 7) is 1.84. The molecule has 0 aliphatic carbocycles. The number of nitrogens with zero attached hydrogens (tertiary/aromatic N) is 4. The predicted octanol–water partition coefficient (Wildman–Crippen LogP) is 4.06. The molecule has 3 aromatic heterocycles. The second-order valence-corrected chi connectivity index (χ2v) is 8.96. The summed E-state index contributed by atoms with van der Waals surface area (Å²) in [7, 11) is -3.49. The van der Waals surface area contributed by atoms with E-state index in [-0.39, 0.29) is 16.4 Å². The number of aromatic nitrogens is 5. The van der Waals surface area contributed by atoms with Crippen LogP contribution in [0.4, 0.5) is 13.2 Å². The SMILES string of the molecule is Cc1cc(-c2cc(C(F)(F)F)nn2-c2ccc(S(C)(=O)=O)cn2)ccc1-c1cnc[nH]1. The minimum Gasteiger partial charge on any atom is -0.345 e. The summed E-state index contributed by atoms with van der Waals surface area (Å²) in [5.41, 5.74) is 2.06. The lowest BCUT2D eigenvalue weighted by atomic mass is 10.0. The number of hydrogen-bond acceptors (Lipinski definition) is 5. The molecule has 4 aromatic rings. The smallest absolute Gasteiger partial charge is 0.345 e. The topological polar surface area (TPSA) is 93.5 Å².